The summed E-state index contributed by atoms with van der Waals surface area (Å²) in [5.41, 5.74) is 0. The van der Waals surface area contributed by atoms with Gasteiger partial charge in [0, 0.05) is 18.3 Å². The molecular weight excluding hydrogens is 110 g/mol. The van der Waals surface area contributed by atoms with Crippen LogP contribution in [0.5, 0.6) is 0 Å². The Morgan fingerprint density at radius 1 is 1.80 bits per heavy atom. The number of hydrogen-bond donors (Lipinski definition) is 1. The third kappa shape index (κ3) is 4.61. The SMILES string of the molecule is CN[Si][Si][Si]. The predicted molar refractivity (Wildman–Crippen MR) is 26.3 cm³/mol. The maximum Gasteiger partial charge on any atom is 0.113 e. The third-order valence-electron chi connectivity index (χ3n) is 0.188. The van der Waals surface area contributed by atoms with Crippen molar-refractivity contribution in [2.45, 2.75) is 0 Å². The molecule has 0 rings (SSSR count). The van der Waals surface area contributed by atoms with Crippen molar-refractivity contribution in [3.8, 4) is 0 Å². The quantitative estimate of drug-likeness (QED) is 0.432. The average molecular weight is 114 g/mol. The van der Waals surface area contributed by atoms with Gasteiger partial charge in [-0.1, -0.05) is 0 Å². The molecule has 0 saturated heterocycles. The Balaban J connectivity index is 2.19. The molecule has 0 spiro atoms. The van der Waals surface area contributed by atoms with E-state index in [0.29, 0.717) is 0 Å². The van der Waals surface area contributed by atoms with Gasteiger partial charge in [0.2, 0.25) is 0 Å². The Labute approximate surface area is 40.3 Å². The van der Waals surface area contributed by atoms with Crippen LogP contribution in [0.1, 0.15) is 0 Å². The molecule has 0 aliphatic rings. The fourth-order valence-corrected chi connectivity index (χ4v) is 1.69. The summed E-state index contributed by atoms with van der Waals surface area (Å²) in [4.78, 5) is 3.01. The lowest BCUT2D eigenvalue weighted by molar-refractivity contribution is 1.27. The highest BCUT2D eigenvalue weighted by Crippen LogP contribution is 1.30. The second-order valence-corrected chi connectivity index (χ2v) is 5.25. The molecule has 4 heteroatoms. The lowest BCUT2D eigenvalue weighted by atomic mass is 11.6. The molecule has 0 unspecified atom stereocenters. The Morgan fingerprint density at radius 3 is 2.40 bits per heavy atom. The molecule has 0 aromatic rings. The minimum Gasteiger partial charge on any atom is -0.345 e. The van der Waals surface area contributed by atoms with Gasteiger partial charge in [0.15, 0.2) is 0 Å². The molecule has 0 aromatic heterocycles. The fourth-order valence-electron chi connectivity index (χ4n) is 0.0625. The first kappa shape index (κ1) is 5.61. The van der Waals surface area contributed by atoms with Crippen molar-refractivity contribution >= 4 is 27.5 Å². The van der Waals surface area contributed by atoms with Gasteiger partial charge in [0.05, 0.1) is 0 Å². The van der Waals surface area contributed by atoms with E-state index in [9.17, 15) is 0 Å². The monoisotopic (exact) mass is 114 g/mol. The number of nitrogens with one attached hydrogen (secondary N) is 1. The second kappa shape index (κ2) is 4.61. The summed E-state index contributed by atoms with van der Waals surface area (Å²) in [5, 5.41) is 0. The zero-order valence-corrected chi connectivity index (χ0v) is 6.00. The van der Waals surface area contributed by atoms with E-state index >= 15 is 0 Å². The van der Waals surface area contributed by atoms with E-state index in [1.54, 1.807) is 0 Å². The fraction of sp³-hybridized carbons (Fsp3) is 1.00. The summed E-state index contributed by atoms with van der Waals surface area (Å²) in [7, 11) is 7.05. The zero-order valence-electron chi connectivity index (χ0n) is 3.00. The standard InChI is InChI=1S/CH4NSi3/c1-2-4-5-3/h2H,1H3. The Morgan fingerprint density at radius 2 is 2.40 bits per heavy atom. The number of hydrogen-bond acceptors (Lipinski definition) is 1. The summed E-state index contributed by atoms with van der Waals surface area (Å²) < 4.78 is 0. The molecule has 0 amide bonds. The minimum atomic E-state index is 0.880. The Hall–Kier alpha value is 0.611. The largest absolute Gasteiger partial charge is 0.345 e. The van der Waals surface area contributed by atoms with Crippen LogP contribution in [0.15, 0.2) is 0 Å². The van der Waals surface area contributed by atoms with Crippen LogP contribution in [0.4, 0.5) is 0 Å². The van der Waals surface area contributed by atoms with E-state index in [1.165, 1.54) is 0 Å². The first-order valence-electron chi connectivity index (χ1n) is 1.25. The molecule has 7 radical (unpaired) electrons. The molecule has 25 valence electrons. The summed E-state index contributed by atoms with van der Waals surface area (Å²) in [6.45, 7) is 0. The van der Waals surface area contributed by atoms with Crippen LogP contribution in [0.3, 0.4) is 0 Å². The van der Waals surface area contributed by atoms with Crippen LogP contribution < -0.4 is 4.98 Å². The summed E-state index contributed by atoms with van der Waals surface area (Å²) in [6, 6.07) is 0. The van der Waals surface area contributed by atoms with Gasteiger partial charge in [-0.25, -0.2) is 0 Å². The van der Waals surface area contributed by atoms with E-state index in [1.807, 2.05) is 7.05 Å². The number of rotatable bonds is 2. The van der Waals surface area contributed by atoms with Crippen LogP contribution in [0.25, 0.3) is 0 Å². The van der Waals surface area contributed by atoms with Gasteiger partial charge in [-0.15, -0.1) is 0 Å². The van der Waals surface area contributed by atoms with E-state index in [4.69, 9.17) is 0 Å². The van der Waals surface area contributed by atoms with Crippen molar-refractivity contribution < 1.29 is 0 Å². The van der Waals surface area contributed by atoms with Gasteiger partial charge in [-0.05, 0) is 7.05 Å². The lowest BCUT2D eigenvalue weighted by Crippen LogP contribution is -2.19. The summed E-state index contributed by atoms with van der Waals surface area (Å²) in [5.74, 6) is 0. The lowest BCUT2D eigenvalue weighted by Gasteiger charge is -1.80. The summed E-state index contributed by atoms with van der Waals surface area (Å²) in [6.07, 6.45) is 0. The molecule has 0 saturated carbocycles. The Kier molecular flexibility index (Phi) is 5.17. The molecule has 0 atom stereocenters. The van der Waals surface area contributed by atoms with Crippen LogP contribution in [0, 0.1) is 0 Å². The van der Waals surface area contributed by atoms with Crippen molar-refractivity contribution in [2.24, 2.45) is 0 Å². The van der Waals surface area contributed by atoms with Gasteiger partial charge >= 0.3 is 0 Å². The molecule has 1 nitrogen and oxygen atoms in total. The smallest absolute Gasteiger partial charge is 0.113 e. The first-order chi connectivity index (χ1) is 2.41. The normalized spacial score (nSPS) is 8.40. The zero-order chi connectivity index (χ0) is 4.12. The van der Waals surface area contributed by atoms with Gasteiger partial charge in [0.25, 0.3) is 0 Å². The Bertz CT molecular complexity index is 14.4. The van der Waals surface area contributed by atoms with Crippen LogP contribution in [-0.4, -0.2) is 34.6 Å². The van der Waals surface area contributed by atoms with E-state index in [2.05, 4.69) is 14.7 Å². The minimum absolute atomic E-state index is 0.880. The maximum absolute atomic E-state index is 3.33. The van der Waals surface area contributed by atoms with E-state index in [0.717, 1.165) is 17.8 Å². The molecule has 0 aromatic carbocycles. The molecule has 0 aliphatic heterocycles. The maximum atomic E-state index is 3.33. The molecule has 0 bridgehead atoms. The van der Waals surface area contributed by atoms with Crippen molar-refractivity contribution in [3.05, 3.63) is 0 Å². The molecule has 0 fully saturated rings. The molecular formula is CH4NSi3. The topological polar surface area (TPSA) is 12.0 Å². The van der Waals surface area contributed by atoms with Gasteiger partial charge in [-0.3, -0.25) is 0 Å². The predicted octanol–water partition coefficient (Wildman–Crippen LogP) is -1.47. The average Bonchev–Trinajstić information content (AvgIpc) is 1.41. The first-order valence-corrected chi connectivity index (χ1v) is 5.75. The van der Waals surface area contributed by atoms with Gasteiger partial charge in [-0.2, -0.15) is 0 Å². The van der Waals surface area contributed by atoms with Crippen LogP contribution in [0.2, 0.25) is 0 Å². The molecule has 0 aliphatic carbocycles. The highest BCUT2D eigenvalue weighted by atomic mass is 29.5. The van der Waals surface area contributed by atoms with Crippen molar-refractivity contribution in [1.29, 1.82) is 0 Å². The van der Waals surface area contributed by atoms with Gasteiger partial charge < -0.3 is 4.98 Å². The van der Waals surface area contributed by atoms with Crippen molar-refractivity contribution in [2.75, 3.05) is 7.05 Å². The third-order valence-corrected chi connectivity index (χ3v) is 2.81. The van der Waals surface area contributed by atoms with Crippen molar-refractivity contribution in [3.63, 3.8) is 0 Å². The molecule has 0 heterocycles. The summed E-state index contributed by atoms with van der Waals surface area (Å²) >= 11 is 0. The van der Waals surface area contributed by atoms with Gasteiger partial charge in [0.1, 0.15) is 9.20 Å². The molecule has 5 heavy (non-hydrogen) atoms. The second-order valence-electron chi connectivity index (χ2n) is 0.500. The highest BCUT2D eigenvalue weighted by Gasteiger charge is 1.71. The van der Waals surface area contributed by atoms with Crippen LogP contribution in [-0.2, 0) is 0 Å². The van der Waals surface area contributed by atoms with E-state index < -0.39 is 0 Å². The molecule has 1 N–H and O–H groups in total. The van der Waals surface area contributed by atoms with Crippen molar-refractivity contribution in [1.82, 2.24) is 4.98 Å². The van der Waals surface area contributed by atoms with E-state index in [-0.39, 0.29) is 0 Å². The van der Waals surface area contributed by atoms with Crippen LogP contribution >= 0.6 is 0 Å². The highest BCUT2D eigenvalue weighted by molar-refractivity contribution is 7.23.